The number of amides is 1. The predicted octanol–water partition coefficient (Wildman–Crippen LogP) is 2.86. The van der Waals surface area contributed by atoms with Gasteiger partial charge in [-0.25, -0.2) is 15.3 Å². The number of nitrogens with two attached hydrogens (primary N) is 1. The molecule has 0 atom stereocenters. The van der Waals surface area contributed by atoms with Crippen LogP contribution in [0, 0.1) is 0 Å². The number of likely N-dealkylation sites (tertiary alicyclic amines) is 1. The molecule has 2 heterocycles. The summed E-state index contributed by atoms with van der Waals surface area (Å²) in [6.07, 6.45) is 1.45. The van der Waals surface area contributed by atoms with Gasteiger partial charge in [0.2, 0.25) is 0 Å². The van der Waals surface area contributed by atoms with E-state index in [2.05, 4.69) is 10.5 Å². The minimum Gasteiger partial charge on any atom is -0.445 e. The van der Waals surface area contributed by atoms with E-state index in [1.807, 2.05) is 48.5 Å². The highest BCUT2D eigenvalue weighted by atomic mass is 16.7. The highest BCUT2D eigenvalue weighted by molar-refractivity contribution is 5.67. The van der Waals surface area contributed by atoms with Crippen molar-refractivity contribution < 1.29 is 14.4 Å². The minimum absolute atomic E-state index is 0.0788. The molecule has 7 heteroatoms. The summed E-state index contributed by atoms with van der Waals surface area (Å²) >= 11 is 0. The van der Waals surface area contributed by atoms with Crippen molar-refractivity contribution in [2.45, 2.75) is 25.4 Å². The molecule has 1 amide bonds. The number of pyridine rings is 1. The predicted molar refractivity (Wildman–Crippen MR) is 98.2 cm³/mol. The van der Waals surface area contributed by atoms with E-state index in [1.165, 1.54) is 0 Å². The van der Waals surface area contributed by atoms with Crippen molar-refractivity contribution in [1.82, 2.24) is 9.88 Å². The zero-order valence-corrected chi connectivity index (χ0v) is 14.6. The quantitative estimate of drug-likeness (QED) is 0.611. The smallest absolute Gasteiger partial charge is 0.410 e. The van der Waals surface area contributed by atoms with E-state index in [4.69, 9.17) is 15.3 Å². The molecule has 1 aromatic heterocycles. The van der Waals surface area contributed by atoms with E-state index in [0.717, 1.165) is 24.1 Å². The number of hydrogen-bond acceptors (Lipinski definition) is 6. The van der Waals surface area contributed by atoms with Gasteiger partial charge in [-0.1, -0.05) is 36.4 Å². The average Bonchev–Trinajstić information content (AvgIpc) is 2.71. The zero-order chi connectivity index (χ0) is 18.2. The third kappa shape index (κ3) is 4.93. The number of hydrogen-bond donors (Lipinski definition) is 2. The van der Waals surface area contributed by atoms with E-state index in [-0.39, 0.29) is 12.8 Å². The fourth-order valence-electron chi connectivity index (χ4n) is 3.02. The van der Waals surface area contributed by atoms with Crippen LogP contribution in [0.15, 0.2) is 48.5 Å². The van der Waals surface area contributed by atoms with Gasteiger partial charge in [-0.2, -0.15) is 0 Å². The molecule has 0 aliphatic carbocycles. The maximum Gasteiger partial charge on any atom is 0.410 e. The molecule has 0 radical (unpaired) electrons. The van der Waals surface area contributed by atoms with Crippen molar-refractivity contribution in [3.05, 3.63) is 59.8 Å². The zero-order valence-electron chi connectivity index (χ0n) is 14.6. The van der Waals surface area contributed by atoms with E-state index < -0.39 is 0 Å². The second-order valence-corrected chi connectivity index (χ2v) is 6.16. The van der Waals surface area contributed by atoms with Crippen LogP contribution >= 0.6 is 0 Å². The topological polar surface area (TPSA) is 89.7 Å². The average molecular weight is 356 g/mol. The fraction of sp³-hybridized carbons (Fsp3) is 0.368. The molecule has 138 valence electrons. The van der Waals surface area contributed by atoms with Gasteiger partial charge in [-0.05, 0) is 30.5 Å². The number of anilines is 1. The van der Waals surface area contributed by atoms with Crippen LogP contribution in [-0.4, -0.2) is 35.8 Å². The number of ether oxygens (including phenoxy) is 1. The summed E-state index contributed by atoms with van der Waals surface area (Å²) in [5.41, 5.74) is 10.00. The largest absolute Gasteiger partial charge is 0.445 e. The Balaban J connectivity index is 1.48. The molecular formula is C19H24N4O3. The molecule has 0 spiro atoms. The van der Waals surface area contributed by atoms with Crippen molar-refractivity contribution in [2.75, 3.05) is 25.3 Å². The van der Waals surface area contributed by atoms with Crippen molar-refractivity contribution in [2.24, 2.45) is 5.73 Å². The lowest BCUT2D eigenvalue weighted by Gasteiger charge is -2.31. The molecule has 3 rings (SSSR count). The molecule has 1 saturated heterocycles. The van der Waals surface area contributed by atoms with E-state index in [9.17, 15) is 4.79 Å². The summed E-state index contributed by atoms with van der Waals surface area (Å²) in [7, 11) is 0. The Labute approximate surface area is 153 Å². The molecule has 3 N–H and O–H groups in total. The summed E-state index contributed by atoms with van der Waals surface area (Å²) < 4.78 is 5.40. The molecule has 0 bridgehead atoms. The van der Waals surface area contributed by atoms with Gasteiger partial charge < -0.3 is 15.4 Å². The summed E-state index contributed by atoms with van der Waals surface area (Å²) in [6, 6.07) is 15.5. The van der Waals surface area contributed by atoms with Crippen molar-refractivity contribution in [3.8, 4) is 0 Å². The first-order chi connectivity index (χ1) is 12.8. The molecule has 7 nitrogen and oxygen atoms in total. The maximum atomic E-state index is 12.2. The first-order valence-electron chi connectivity index (χ1n) is 8.76. The lowest BCUT2D eigenvalue weighted by molar-refractivity contribution is 0.0868. The van der Waals surface area contributed by atoms with Crippen LogP contribution < -0.4 is 11.2 Å². The van der Waals surface area contributed by atoms with Gasteiger partial charge in [-0.3, -0.25) is 4.84 Å². The molecule has 26 heavy (non-hydrogen) atoms. The second kappa shape index (κ2) is 9.17. The lowest BCUT2D eigenvalue weighted by atomic mass is 9.93. The van der Waals surface area contributed by atoms with Gasteiger partial charge >= 0.3 is 6.09 Å². The highest BCUT2D eigenvalue weighted by Crippen LogP contribution is 2.27. The minimum atomic E-state index is -0.257. The van der Waals surface area contributed by atoms with E-state index in [1.54, 1.807) is 4.90 Å². The van der Waals surface area contributed by atoms with Gasteiger partial charge in [-0.15, -0.1) is 0 Å². The summed E-state index contributed by atoms with van der Waals surface area (Å²) in [4.78, 5) is 23.5. The summed E-state index contributed by atoms with van der Waals surface area (Å²) in [6.45, 7) is 1.71. The molecule has 1 aromatic carbocycles. The van der Waals surface area contributed by atoms with Crippen LogP contribution in [0.25, 0.3) is 0 Å². The van der Waals surface area contributed by atoms with Gasteiger partial charge in [0.05, 0.1) is 0 Å². The van der Waals surface area contributed by atoms with Crippen LogP contribution in [-0.2, 0) is 16.2 Å². The summed E-state index contributed by atoms with van der Waals surface area (Å²) in [5, 5.41) is 0. The number of rotatable bonds is 6. The Kier molecular flexibility index (Phi) is 6.40. The Morgan fingerprint density at radius 3 is 2.65 bits per heavy atom. The van der Waals surface area contributed by atoms with Gasteiger partial charge in [0.1, 0.15) is 19.2 Å². The Morgan fingerprint density at radius 1 is 1.15 bits per heavy atom. The molecule has 1 aliphatic rings. The first kappa shape index (κ1) is 18.2. The number of aromatic nitrogens is 1. The van der Waals surface area contributed by atoms with Crippen molar-refractivity contribution >= 4 is 11.9 Å². The number of nitrogens with one attached hydrogen (secondary N) is 1. The highest BCUT2D eigenvalue weighted by Gasteiger charge is 2.25. The van der Waals surface area contributed by atoms with Gasteiger partial charge in [0.15, 0.2) is 0 Å². The summed E-state index contributed by atoms with van der Waals surface area (Å²) in [5.74, 6) is 0.949. The normalized spacial score (nSPS) is 14.9. The number of piperidine rings is 1. The number of carbonyl (C=O) groups is 1. The Bertz CT molecular complexity index is 703. The number of carbonyl (C=O) groups excluding carboxylic acids is 1. The number of benzene rings is 1. The standard InChI is InChI=1S/C19H24N4O3/c20-14-26-22-18-8-4-7-17(21-18)16-9-11-23(12-10-16)19(24)25-13-15-5-2-1-3-6-15/h1-8,16H,9-14,20H2,(H,21,22). The van der Waals surface area contributed by atoms with Crippen LogP contribution in [0.2, 0.25) is 0 Å². The lowest BCUT2D eigenvalue weighted by Crippen LogP contribution is -2.38. The van der Waals surface area contributed by atoms with Crippen molar-refractivity contribution in [3.63, 3.8) is 0 Å². The second-order valence-electron chi connectivity index (χ2n) is 6.16. The van der Waals surface area contributed by atoms with Gasteiger partial charge in [0.25, 0.3) is 0 Å². The Morgan fingerprint density at radius 2 is 1.92 bits per heavy atom. The SMILES string of the molecule is NCONc1cccc(C2CCN(C(=O)OCc3ccccc3)CC2)n1. The molecule has 1 fully saturated rings. The molecule has 0 saturated carbocycles. The molecular weight excluding hydrogens is 332 g/mol. The number of nitrogens with zero attached hydrogens (tertiary/aromatic N) is 2. The third-order valence-electron chi connectivity index (χ3n) is 4.41. The van der Waals surface area contributed by atoms with Crippen LogP contribution in [0.5, 0.6) is 0 Å². The third-order valence-corrected chi connectivity index (χ3v) is 4.41. The van der Waals surface area contributed by atoms with Crippen LogP contribution in [0.1, 0.15) is 30.0 Å². The van der Waals surface area contributed by atoms with Gasteiger partial charge in [0, 0.05) is 24.7 Å². The molecule has 1 aliphatic heterocycles. The van der Waals surface area contributed by atoms with Crippen molar-refractivity contribution in [1.29, 1.82) is 0 Å². The van der Waals surface area contributed by atoms with E-state index in [0.29, 0.717) is 31.4 Å². The molecule has 0 unspecified atom stereocenters. The maximum absolute atomic E-state index is 12.2. The Hall–Kier alpha value is -2.64. The fourth-order valence-corrected chi connectivity index (χ4v) is 3.02. The van der Waals surface area contributed by atoms with Crippen LogP contribution in [0.4, 0.5) is 10.6 Å². The van der Waals surface area contributed by atoms with Crippen LogP contribution in [0.3, 0.4) is 0 Å². The first-order valence-corrected chi connectivity index (χ1v) is 8.76. The molecule has 2 aromatic rings. The monoisotopic (exact) mass is 356 g/mol. The van der Waals surface area contributed by atoms with E-state index >= 15 is 0 Å².